The lowest BCUT2D eigenvalue weighted by atomic mass is 10.2. The molecular weight excluding hydrogens is 232 g/mol. The van der Waals surface area contributed by atoms with Gasteiger partial charge in [0.15, 0.2) is 0 Å². The smallest absolute Gasteiger partial charge is 0.275 e. The van der Waals surface area contributed by atoms with Gasteiger partial charge in [0, 0.05) is 0 Å². The summed E-state index contributed by atoms with van der Waals surface area (Å²) in [6, 6.07) is 7.20. The zero-order valence-electron chi connectivity index (χ0n) is 9.93. The number of carbonyl (C=O) groups is 1. The molecule has 0 unspecified atom stereocenters. The number of nitrogen functional groups attached to an aromatic ring is 1. The summed E-state index contributed by atoms with van der Waals surface area (Å²) in [6.45, 7) is 2.41. The van der Waals surface area contributed by atoms with Crippen LogP contribution in [-0.4, -0.2) is 22.7 Å². The number of hydrogen-bond acceptors (Lipinski definition) is 4. The van der Waals surface area contributed by atoms with Crippen LogP contribution in [0.25, 0.3) is 0 Å². The van der Waals surface area contributed by atoms with Crippen LogP contribution in [-0.2, 0) is 0 Å². The van der Waals surface area contributed by atoms with Crippen molar-refractivity contribution in [3.8, 4) is 5.75 Å². The van der Waals surface area contributed by atoms with E-state index in [1.54, 1.807) is 12.1 Å². The van der Waals surface area contributed by atoms with Gasteiger partial charge in [-0.1, -0.05) is 12.1 Å². The van der Waals surface area contributed by atoms with E-state index in [1.807, 2.05) is 19.1 Å². The maximum absolute atomic E-state index is 11.9. The van der Waals surface area contributed by atoms with Crippen LogP contribution in [0.15, 0.2) is 30.5 Å². The summed E-state index contributed by atoms with van der Waals surface area (Å²) in [5.41, 5.74) is 6.75. The molecule has 2 rings (SSSR count). The molecule has 0 atom stereocenters. The van der Waals surface area contributed by atoms with E-state index in [0.29, 0.717) is 23.7 Å². The van der Waals surface area contributed by atoms with Crippen molar-refractivity contribution in [3.63, 3.8) is 0 Å². The first-order chi connectivity index (χ1) is 8.72. The molecule has 94 valence electrons. The van der Waals surface area contributed by atoms with Crippen molar-refractivity contribution >= 4 is 17.3 Å². The number of para-hydroxylation sites is 2. The Bertz CT molecular complexity index is 551. The third kappa shape index (κ3) is 2.42. The van der Waals surface area contributed by atoms with Crippen LogP contribution in [0, 0.1) is 0 Å². The van der Waals surface area contributed by atoms with Crippen molar-refractivity contribution in [2.24, 2.45) is 0 Å². The fourth-order valence-electron chi connectivity index (χ4n) is 1.51. The number of ether oxygens (including phenoxy) is 1. The highest BCUT2D eigenvalue weighted by Crippen LogP contribution is 2.24. The third-order valence-corrected chi connectivity index (χ3v) is 2.33. The number of nitrogens with one attached hydrogen (secondary N) is 2. The lowest BCUT2D eigenvalue weighted by Crippen LogP contribution is -2.15. The predicted molar refractivity (Wildman–Crippen MR) is 68.6 cm³/mol. The number of anilines is 2. The molecule has 4 N–H and O–H groups in total. The monoisotopic (exact) mass is 246 g/mol. The van der Waals surface area contributed by atoms with Crippen LogP contribution in [0.4, 0.5) is 11.4 Å². The highest BCUT2D eigenvalue weighted by molar-refractivity contribution is 6.06. The van der Waals surface area contributed by atoms with Crippen LogP contribution in [0.3, 0.4) is 0 Å². The van der Waals surface area contributed by atoms with E-state index in [2.05, 4.69) is 15.5 Å². The molecule has 1 aromatic carbocycles. The highest BCUT2D eigenvalue weighted by atomic mass is 16.5. The fourth-order valence-corrected chi connectivity index (χ4v) is 1.51. The number of H-pyrrole nitrogens is 1. The number of benzene rings is 1. The first-order valence-corrected chi connectivity index (χ1v) is 5.54. The van der Waals surface area contributed by atoms with Crippen molar-refractivity contribution in [2.45, 2.75) is 6.92 Å². The van der Waals surface area contributed by atoms with Gasteiger partial charge in [0.2, 0.25) is 0 Å². The van der Waals surface area contributed by atoms with Crippen LogP contribution < -0.4 is 15.8 Å². The Morgan fingerprint density at radius 3 is 2.94 bits per heavy atom. The van der Waals surface area contributed by atoms with Crippen molar-refractivity contribution < 1.29 is 9.53 Å². The Morgan fingerprint density at radius 1 is 1.50 bits per heavy atom. The summed E-state index contributed by atoms with van der Waals surface area (Å²) in [5.74, 6) is 0.267. The second kappa shape index (κ2) is 5.22. The van der Waals surface area contributed by atoms with E-state index < -0.39 is 0 Å². The van der Waals surface area contributed by atoms with Crippen molar-refractivity contribution in [3.05, 3.63) is 36.2 Å². The number of hydrogen-bond donors (Lipinski definition) is 3. The van der Waals surface area contributed by atoms with Crippen LogP contribution in [0.2, 0.25) is 0 Å². The second-order valence-corrected chi connectivity index (χ2v) is 3.58. The zero-order chi connectivity index (χ0) is 13.0. The molecule has 18 heavy (non-hydrogen) atoms. The molecule has 0 aliphatic rings. The minimum absolute atomic E-state index is 0.237. The van der Waals surface area contributed by atoms with Crippen LogP contribution >= 0.6 is 0 Å². The molecule has 6 nitrogen and oxygen atoms in total. The summed E-state index contributed by atoms with van der Waals surface area (Å²) < 4.78 is 5.41. The average molecular weight is 246 g/mol. The molecule has 2 aromatic rings. The van der Waals surface area contributed by atoms with E-state index in [4.69, 9.17) is 10.5 Å². The summed E-state index contributed by atoms with van der Waals surface area (Å²) in [7, 11) is 0. The lowest BCUT2D eigenvalue weighted by Gasteiger charge is -2.10. The molecule has 0 aliphatic heterocycles. The minimum Gasteiger partial charge on any atom is -0.492 e. The highest BCUT2D eigenvalue weighted by Gasteiger charge is 2.13. The van der Waals surface area contributed by atoms with Crippen molar-refractivity contribution in [1.29, 1.82) is 0 Å². The van der Waals surface area contributed by atoms with Crippen LogP contribution in [0.1, 0.15) is 17.4 Å². The summed E-state index contributed by atoms with van der Waals surface area (Å²) in [5, 5.41) is 8.97. The van der Waals surface area contributed by atoms with E-state index >= 15 is 0 Å². The van der Waals surface area contributed by atoms with Gasteiger partial charge in [0.25, 0.3) is 5.91 Å². The summed E-state index contributed by atoms with van der Waals surface area (Å²) in [6.07, 6.45) is 1.39. The molecular formula is C12H14N4O2. The Kier molecular flexibility index (Phi) is 3.47. The Balaban J connectivity index is 2.19. The molecule has 0 bridgehead atoms. The van der Waals surface area contributed by atoms with Crippen molar-refractivity contribution in [1.82, 2.24) is 10.2 Å². The summed E-state index contributed by atoms with van der Waals surface area (Å²) >= 11 is 0. The number of aromatic nitrogens is 2. The van der Waals surface area contributed by atoms with Gasteiger partial charge < -0.3 is 15.8 Å². The molecule has 0 aliphatic carbocycles. The van der Waals surface area contributed by atoms with Gasteiger partial charge in [0.1, 0.15) is 11.4 Å². The number of rotatable bonds is 4. The Hall–Kier alpha value is -2.50. The molecule has 0 fully saturated rings. The van der Waals surface area contributed by atoms with E-state index in [9.17, 15) is 4.79 Å². The van der Waals surface area contributed by atoms with Crippen LogP contribution in [0.5, 0.6) is 5.75 Å². The maximum atomic E-state index is 11.9. The standard InChI is InChI=1S/C12H14N4O2/c1-2-18-10-6-4-3-5-9(10)15-12(17)11-8(13)7-14-16-11/h3-7H,2,13H2,1H3,(H,14,16)(H,15,17). The number of carbonyl (C=O) groups excluding carboxylic acids is 1. The Morgan fingerprint density at radius 2 is 2.28 bits per heavy atom. The molecule has 0 spiro atoms. The van der Waals surface area contributed by atoms with Gasteiger partial charge in [0.05, 0.1) is 24.2 Å². The van der Waals surface area contributed by atoms with Gasteiger partial charge >= 0.3 is 0 Å². The maximum Gasteiger partial charge on any atom is 0.275 e. The molecule has 0 saturated carbocycles. The fraction of sp³-hybridized carbons (Fsp3) is 0.167. The minimum atomic E-state index is -0.350. The van der Waals surface area contributed by atoms with E-state index in [0.717, 1.165) is 0 Å². The first kappa shape index (κ1) is 12.0. The normalized spacial score (nSPS) is 10.1. The first-order valence-electron chi connectivity index (χ1n) is 5.54. The molecule has 0 saturated heterocycles. The van der Waals surface area contributed by atoms with Crippen molar-refractivity contribution in [2.75, 3.05) is 17.7 Å². The lowest BCUT2D eigenvalue weighted by molar-refractivity contribution is 0.102. The molecule has 1 aromatic heterocycles. The SMILES string of the molecule is CCOc1ccccc1NC(=O)c1[nH]ncc1N. The number of nitrogens with zero attached hydrogens (tertiary/aromatic N) is 1. The number of nitrogens with two attached hydrogens (primary N) is 1. The molecule has 0 radical (unpaired) electrons. The summed E-state index contributed by atoms with van der Waals surface area (Å²) in [4.78, 5) is 11.9. The van der Waals surface area contributed by atoms with Gasteiger partial charge in [-0.3, -0.25) is 9.89 Å². The second-order valence-electron chi connectivity index (χ2n) is 3.58. The largest absolute Gasteiger partial charge is 0.492 e. The molecule has 1 amide bonds. The molecule has 1 heterocycles. The Labute approximate surface area is 104 Å². The quantitative estimate of drug-likeness (QED) is 0.764. The average Bonchev–Trinajstić information content (AvgIpc) is 2.78. The van der Waals surface area contributed by atoms with Gasteiger partial charge in [-0.15, -0.1) is 0 Å². The van der Waals surface area contributed by atoms with Gasteiger partial charge in [-0.2, -0.15) is 5.10 Å². The van der Waals surface area contributed by atoms with Gasteiger partial charge in [-0.25, -0.2) is 0 Å². The third-order valence-electron chi connectivity index (χ3n) is 2.33. The van der Waals surface area contributed by atoms with E-state index in [-0.39, 0.29) is 11.6 Å². The molecule has 6 heteroatoms. The zero-order valence-corrected chi connectivity index (χ0v) is 9.93. The predicted octanol–water partition coefficient (Wildman–Crippen LogP) is 1.64. The van der Waals surface area contributed by atoms with Gasteiger partial charge in [-0.05, 0) is 19.1 Å². The topological polar surface area (TPSA) is 93.0 Å². The number of aromatic amines is 1. The number of amides is 1. The van der Waals surface area contributed by atoms with E-state index in [1.165, 1.54) is 6.20 Å².